The van der Waals surface area contributed by atoms with E-state index in [1.54, 1.807) is 24.3 Å². The smallest absolute Gasteiger partial charge is 0.335 e. The minimum atomic E-state index is -0.771. The number of methoxy groups -OCH3 is 1. The summed E-state index contributed by atoms with van der Waals surface area (Å²) in [6.45, 7) is 2.27. The second-order valence-electron chi connectivity index (χ2n) is 7.89. The van der Waals surface area contributed by atoms with E-state index >= 15 is 0 Å². The lowest BCUT2D eigenvalue weighted by Crippen LogP contribution is -2.54. The molecule has 4 rings (SSSR count). The minimum absolute atomic E-state index is 0.151. The number of hydrogen-bond acceptors (Lipinski definition) is 5. The van der Waals surface area contributed by atoms with Crippen LogP contribution in [0.4, 0.5) is 10.5 Å². The normalized spacial score (nSPS) is 14.7. The van der Waals surface area contributed by atoms with Gasteiger partial charge in [-0.15, -0.1) is 0 Å². The van der Waals surface area contributed by atoms with Crippen LogP contribution in [0.2, 0.25) is 0 Å². The fourth-order valence-corrected chi connectivity index (χ4v) is 4.82. The molecule has 1 saturated heterocycles. The lowest BCUT2D eigenvalue weighted by atomic mass is 10.0. The molecular weight excluding hydrogens is 639 g/mol. The Bertz CT molecular complexity index is 1370. The Morgan fingerprint density at radius 1 is 1.06 bits per heavy atom. The van der Waals surface area contributed by atoms with Crippen LogP contribution in [-0.4, -0.2) is 25.0 Å². The maximum atomic E-state index is 13.3. The minimum Gasteiger partial charge on any atom is -0.493 e. The molecule has 0 aromatic heterocycles. The number of para-hydroxylation sites is 1. The summed E-state index contributed by atoms with van der Waals surface area (Å²) in [4.78, 5) is 39.6. The second-order valence-corrected chi connectivity index (χ2v) is 9.97. The highest BCUT2D eigenvalue weighted by molar-refractivity contribution is 14.1. The van der Waals surface area contributed by atoms with E-state index in [-0.39, 0.29) is 5.57 Å². The number of aryl methyl sites for hydroxylation is 1. The predicted molar refractivity (Wildman–Crippen MR) is 149 cm³/mol. The summed E-state index contributed by atoms with van der Waals surface area (Å²) >= 11 is 5.54. The number of barbiturate groups is 1. The van der Waals surface area contributed by atoms with Gasteiger partial charge in [0.2, 0.25) is 0 Å². The van der Waals surface area contributed by atoms with Crippen LogP contribution in [0, 0.1) is 3.57 Å². The first-order valence-corrected chi connectivity index (χ1v) is 12.9. The van der Waals surface area contributed by atoms with Crippen molar-refractivity contribution in [1.82, 2.24) is 5.32 Å². The van der Waals surface area contributed by atoms with Gasteiger partial charge in [0.05, 0.1) is 16.4 Å². The molecule has 0 radical (unpaired) electrons. The van der Waals surface area contributed by atoms with Crippen molar-refractivity contribution in [1.29, 1.82) is 0 Å². The van der Waals surface area contributed by atoms with Crippen LogP contribution < -0.4 is 19.7 Å². The van der Waals surface area contributed by atoms with Crippen molar-refractivity contribution < 1.29 is 23.9 Å². The van der Waals surface area contributed by atoms with Gasteiger partial charge in [-0.1, -0.05) is 53.2 Å². The van der Waals surface area contributed by atoms with E-state index in [2.05, 4.69) is 43.8 Å². The number of nitrogens with one attached hydrogen (secondary N) is 1. The number of imide groups is 2. The third-order valence-electron chi connectivity index (χ3n) is 5.57. The molecule has 1 N–H and O–H groups in total. The number of ether oxygens (including phenoxy) is 2. The summed E-state index contributed by atoms with van der Waals surface area (Å²) in [5, 5.41) is 2.27. The van der Waals surface area contributed by atoms with Crippen LogP contribution in [0.5, 0.6) is 11.5 Å². The number of halogens is 2. The maximum Gasteiger partial charge on any atom is 0.335 e. The zero-order valence-corrected chi connectivity index (χ0v) is 23.3. The molecule has 9 heteroatoms. The van der Waals surface area contributed by atoms with Crippen LogP contribution in [-0.2, 0) is 22.6 Å². The summed E-state index contributed by atoms with van der Waals surface area (Å²) in [7, 11) is 1.52. The SMILES string of the molecule is CCc1ccccc1N1C(=O)NC(=O)/C(=C/c2cc(I)c(OCc3ccc(Br)cc3)c(OC)c2)C1=O. The largest absolute Gasteiger partial charge is 0.493 e. The van der Waals surface area contributed by atoms with Crippen LogP contribution in [0.15, 0.2) is 70.7 Å². The monoisotopic (exact) mass is 660 g/mol. The fourth-order valence-electron chi connectivity index (χ4n) is 3.77. The predicted octanol–water partition coefficient (Wildman–Crippen LogP) is 5.87. The third kappa shape index (κ3) is 5.46. The Hall–Kier alpha value is -3.18. The number of anilines is 1. The van der Waals surface area contributed by atoms with E-state index in [1.807, 2.05) is 43.3 Å². The molecule has 1 aliphatic heterocycles. The van der Waals surface area contributed by atoms with E-state index in [0.29, 0.717) is 35.8 Å². The van der Waals surface area contributed by atoms with Crippen molar-refractivity contribution in [3.05, 3.63) is 91.0 Å². The average molecular weight is 661 g/mol. The van der Waals surface area contributed by atoms with Gasteiger partial charge in [0.25, 0.3) is 11.8 Å². The van der Waals surface area contributed by atoms with Gasteiger partial charge in [-0.25, -0.2) is 9.69 Å². The second kappa shape index (κ2) is 11.3. The first kappa shape index (κ1) is 25.9. The molecule has 3 aromatic rings. The molecule has 3 aromatic carbocycles. The molecule has 1 aliphatic rings. The molecule has 184 valence electrons. The molecule has 0 atom stereocenters. The van der Waals surface area contributed by atoms with Gasteiger partial charge in [0.15, 0.2) is 11.5 Å². The summed E-state index contributed by atoms with van der Waals surface area (Å²) < 4.78 is 13.3. The van der Waals surface area contributed by atoms with Crippen LogP contribution >= 0.6 is 38.5 Å². The van der Waals surface area contributed by atoms with Gasteiger partial charge < -0.3 is 9.47 Å². The van der Waals surface area contributed by atoms with Crippen molar-refractivity contribution >= 4 is 68.1 Å². The van der Waals surface area contributed by atoms with Gasteiger partial charge in [0.1, 0.15) is 12.2 Å². The van der Waals surface area contributed by atoms with E-state index in [1.165, 1.54) is 13.2 Å². The van der Waals surface area contributed by atoms with Gasteiger partial charge in [-0.3, -0.25) is 14.9 Å². The Morgan fingerprint density at radius 2 is 1.78 bits per heavy atom. The van der Waals surface area contributed by atoms with Crippen molar-refractivity contribution in [3.8, 4) is 11.5 Å². The van der Waals surface area contributed by atoms with Crippen molar-refractivity contribution in [3.63, 3.8) is 0 Å². The lowest BCUT2D eigenvalue weighted by molar-refractivity contribution is -0.122. The number of hydrogen-bond donors (Lipinski definition) is 1. The summed E-state index contributed by atoms with van der Waals surface area (Å²) in [6, 6.07) is 17.6. The number of urea groups is 1. The first-order valence-electron chi connectivity index (χ1n) is 11.1. The molecular formula is C27H22BrIN2O5. The van der Waals surface area contributed by atoms with Crippen LogP contribution in [0.25, 0.3) is 6.08 Å². The average Bonchev–Trinajstić information content (AvgIpc) is 2.86. The Kier molecular flexibility index (Phi) is 8.10. The van der Waals surface area contributed by atoms with E-state index < -0.39 is 17.8 Å². The molecule has 0 unspecified atom stereocenters. The highest BCUT2D eigenvalue weighted by Crippen LogP contribution is 2.36. The summed E-state index contributed by atoms with van der Waals surface area (Å²) in [5.41, 5.74) is 2.66. The molecule has 0 aliphatic carbocycles. The molecule has 36 heavy (non-hydrogen) atoms. The molecule has 1 fully saturated rings. The highest BCUT2D eigenvalue weighted by Gasteiger charge is 2.37. The Morgan fingerprint density at radius 3 is 2.47 bits per heavy atom. The van der Waals surface area contributed by atoms with Crippen LogP contribution in [0.1, 0.15) is 23.6 Å². The zero-order chi connectivity index (χ0) is 25.8. The summed E-state index contributed by atoms with van der Waals surface area (Å²) in [6.07, 6.45) is 2.08. The molecule has 7 nitrogen and oxygen atoms in total. The Balaban J connectivity index is 1.65. The van der Waals surface area contributed by atoms with Gasteiger partial charge in [0, 0.05) is 4.47 Å². The van der Waals surface area contributed by atoms with E-state index in [0.717, 1.165) is 24.1 Å². The number of amides is 4. The molecule has 1 heterocycles. The third-order valence-corrected chi connectivity index (χ3v) is 6.90. The van der Waals surface area contributed by atoms with Crippen LogP contribution in [0.3, 0.4) is 0 Å². The zero-order valence-electron chi connectivity index (χ0n) is 19.5. The number of benzene rings is 3. The standard InChI is InChI=1S/C27H22BrIN2O5/c1-3-18-6-4-5-7-22(18)31-26(33)20(25(32)30-27(31)34)12-17-13-21(29)24(23(14-17)35-2)36-15-16-8-10-19(28)11-9-16/h4-14H,3,15H2,1-2H3,(H,30,32,34)/b20-12-. The van der Waals surface area contributed by atoms with E-state index in [4.69, 9.17) is 9.47 Å². The lowest BCUT2D eigenvalue weighted by Gasteiger charge is -2.28. The van der Waals surface area contributed by atoms with Gasteiger partial charge in [-0.05, 0) is 82.1 Å². The fraction of sp³-hybridized carbons (Fsp3) is 0.148. The number of rotatable bonds is 7. The van der Waals surface area contributed by atoms with Gasteiger partial charge in [-0.2, -0.15) is 0 Å². The number of carbonyl (C=O) groups excluding carboxylic acids is 3. The quantitative estimate of drug-likeness (QED) is 0.195. The first-order chi connectivity index (χ1) is 17.3. The molecule has 4 amide bonds. The molecule has 0 saturated carbocycles. The van der Waals surface area contributed by atoms with Crippen molar-refractivity contribution in [2.24, 2.45) is 0 Å². The number of carbonyl (C=O) groups is 3. The summed E-state index contributed by atoms with van der Waals surface area (Å²) in [5.74, 6) is -0.427. The van der Waals surface area contributed by atoms with Crippen molar-refractivity contribution in [2.45, 2.75) is 20.0 Å². The number of nitrogens with zero attached hydrogens (tertiary/aromatic N) is 1. The van der Waals surface area contributed by atoms with E-state index in [9.17, 15) is 14.4 Å². The van der Waals surface area contributed by atoms with Gasteiger partial charge >= 0.3 is 6.03 Å². The Labute approximate surface area is 230 Å². The molecule has 0 spiro atoms. The topological polar surface area (TPSA) is 84.9 Å². The maximum absolute atomic E-state index is 13.3. The van der Waals surface area contributed by atoms with Crippen molar-refractivity contribution in [2.75, 3.05) is 12.0 Å². The highest BCUT2D eigenvalue weighted by atomic mass is 127. The molecule has 0 bridgehead atoms.